The standard InChI is InChI=1S/C33H42F6N2O3/c1-2-3-4-5-6-7-8-12-17-44-30(42)23-40-28-15-16-41(29(22-28)18-24-13-10-9-11-14-24)31(43)25-19-26(32(34,35)36)21-27(20-25)33(37,38)39/h9-11,13-14,19-21,28-29,40H,2-8,12,15-18,22-23H2,1H3/t28-,29+/m0/s1. The number of carbonyl (C=O) groups is 2. The number of ether oxygens (including phenoxy) is 1. The fraction of sp³-hybridized carbons (Fsp3) is 0.576. The third-order valence-corrected chi connectivity index (χ3v) is 7.92. The Labute approximate surface area is 255 Å². The fourth-order valence-corrected chi connectivity index (χ4v) is 5.53. The Balaban J connectivity index is 1.62. The normalized spacial score (nSPS) is 17.5. The number of piperidine rings is 1. The number of nitrogens with one attached hydrogen (secondary N) is 1. The van der Waals surface area contributed by atoms with Crippen molar-refractivity contribution in [2.45, 2.75) is 102 Å². The molecule has 0 unspecified atom stereocenters. The first-order chi connectivity index (χ1) is 20.9. The van der Waals surface area contributed by atoms with E-state index in [4.69, 9.17) is 4.74 Å². The first-order valence-electron chi connectivity index (χ1n) is 15.4. The summed E-state index contributed by atoms with van der Waals surface area (Å²) in [6, 6.07) is 9.37. The lowest BCUT2D eigenvalue weighted by molar-refractivity contribution is -0.144. The van der Waals surface area contributed by atoms with E-state index < -0.39 is 47.0 Å². The van der Waals surface area contributed by atoms with Crippen molar-refractivity contribution < 1.29 is 40.7 Å². The summed E-state index contributed by atoms with van der Waals surface area (Å²) in [5, 5.41) is 3.17. The fourth-order valence-electron chi connectivity index (χ4n) is 5.53. The van der Waals surface area contributed by atoms with Crippen LogP contribution >= 0.6 is 0 Å². The molecule has 1 aliphatic rings. The van der Waals surface area contributed by atoms with Gasteiger partial charge in [0.05, 0.1) is 24.3 Å². The molecule has 0 spiro atoms. The molecule has 0 radical (unpaired) electrons. The van der Waals surface area contributed by atoms with Gasteiger partial charge < -0.3 is 15.0 Å². The van der Waals surface area contributed by atoms with Gasteiger partial charge in [0.15, 0.2) is 0 Å². The van der Waals surface area contributed by atoms with Crippen molar-refractivity contribution in [2.24, 2.45) is 0 Å². The molecule has 2 aromatic carbocycles. The largest absolute Gasteiger partial charge is 0.465 e. The van der Waals surface area contributed by atoms with Crippen LogP contribution in [0, 0.1) is 0 Å². The number of halogens is 6. The highest BCUT2D eigenvalue weighted by Crippen LogP contribution is 2.37. The van der Waals surface area contributed by atoms with E-state index in [1.807, 2.05) is 30.3 Å². The third kappa shape index (κ3) is 11.4. The summed E-state index contributed by atoms with van der Waals surface area (Å²) in [6.07, 6.45) is -0.0194. The van der Waals surface area contributed by atoms with E-state index >= 15 is 0 Å². The topological polar surface area (TPSA) is 58.6 Å². The summed E-state index contributed by atoms with van der Waals surface area (Å²) in [5.74, 6) is -1.29. The van der Waals surface area contributed by atoms with Crippen LogP contribution in [0.15, 0.2) is 48.5 Å². The lowest BCUT2D eigenvalue weighted by Gasteiger charge is -2.40. The van der Waals surface area contributed by atoms with Crippen molar-refractivity contribution >= 4 is 11.9 Å². The summed E-state index contributed by atoms with van der Waals surface area (Å²) in [4.78, 5) is 27.2. The second kappa shape index (κ2) is 16.8. The first-order valence-corrected chi connectivity index (χ1v) is 15.4. The van der Waals surface area contributed by atoms with Crippen LogP contribution in [0.3, 0.4) is 0 Å². The van der Waals surface area contributed by atoms with E-state index in [2.05, 4.69) is 12.2 Å². The van der Waals surface area contributed by atoms with E-state index in [0.717, 1.165) is 24.8 Å². The number of nitrogens with zero attached hydrogens (tertiary/aromatic N) is 1. The number of unbranched alkanes of at least 4 members (excludes halogenated alkanes) is 7. The van der Waals surface area contributed by atoms with Gasteiger partial charge in [-0.25, -0.2) is 0 Å². The van der Waals surface area contributed by atoms with Crippen molar-refractivity contribution in [3.8, 4) is 0 Å². The van der Waals surface area contributed by atoms with E-state index in [1.54, 1.807) is 0 Å². The number of benzene rings is 2. The van der Waals surface area contributed by atoms with Gasteiger partial charge in [0.1, 0.15) is 0 Å². The molecule has 1 amide bonds. The van der Waals surface area contributed by atoms with E-state index in [1.165, 1.54) is 37.0 Å². The maximum atomic E-state index is 13.5. The van der Waals surface area contributed by atoms with Crippen LogP contribution < -0.4 is 5.32 Å². The van der Waals surface area contributed by atoms with Crippen molar-refractivity contribution in [1.29, 1.82) is 0 Å². The zero-order valence-electron chi connectivity index (χ0n) is 25.1. The minimum atomic E-state index is -5.06. The molecule has 1 fully saturated rings. The third-order valence-electron chi connectivity index (χ3n) is 7.92. The average molecular weight is 629 g/mol. The Morgan fingerprint density at radius 2 is 1.45 bits per heavy atom. The van der Waals surface area contributed by atoms with E-state index in [0.29, 0.717) is 38.0 Å². The summed E-state index contributed by atoms with van der Waals surface area (Å²) in [6.45, 7) is 2.59. The highest BCUT2D eigenvalue weighted by molar-refractivity contribution is 5.95. The second-order valence-corrected chi connectivity index (χ2v) is 11.4. The molecule has 0 saturated carbocycles. The van der Waals surface area contributed by atoms with Crippen LogP contribution in [0.25, 0.3) is 0 Å². The van der Waals surface area contributed by atoms with Gasteiger partial charge in [-0.15, -0.1) is 0 Å². The van der Waals surface area contributed by atoms with E-state index in [-0.39, 0.29) is 25.2 Å². The molecule has 5 nitrogen and oxygen atoms in total. The lowest BCUT2D eigenvalue weighted by atomic mass is 9.91. The Hall–Kier alpha value is -3.08. The van der Waals surface area contributed by atoms with Gasteiger partial charge in [0, 0.05) is 24.2 Å². The molecule has 0 aromatic heterocycles. The van der Waals surface area contributed by atoms with Crippen LogP contribution in [-0.2, 0) is 28.3 Å². The number of alkyl halides is 6. The summed E-state index contributed by atoms with van der Waals surface area (Å²) in [7, 11) is 0. The number of esters is 1. The second-order valence-electron chi connectivity index (χ2n) is 11.4. The molecule has 1 saturated heterocycles. The van der Waals surface area contributed by atoms with Crippen LogP contribution in [0.5, 0.6) is 0 Å². The zero-order valence-corrected chi connectivity index (χ0v) is 25.1. The molecule has 1 heterocycles. The maximum Gasteiger partial charge on any atom is 0.416 e. The van der Waals surface area contributed by atoms with Gasteiger partial charge in [-0.1, -0.05) is 82.2 Å². The first kappa shape index (κ1) is 35.4. The molecule has 1 N–H and O–H groups in total. The number of amides is 1. The minimum absolute atomic E-state index is 0.0160. The van der Waals surface area contributed by atoms with Gasteiger partial charge in [0.25, 0.3) is 5.91 Å². The molecule has 44 heavy (non-hydrogen) atoms. The van der Waals surface area contributed by atoms with Gasteiger partial charge in [0.2, 0.25) is 0 Å². The summed E-state index contributed by atoms with van der Waals surface area (Å²) >= 11 is 0. The zero-order chi connectivity index (χ0) is 32.2. The van der Waals surface area contributed by atoms with Gasteiger partial charge in [-0.2, -0.15) is 26.3 Å². The van der Waals surface area contributed by atoms with Crippen molar-refractivity contribution in [1.82, 2.24) is 10.2 Å². The summed E-state index contributed by atoms with van der Waals surface area (Å²) < 4.78 is 86.1. The van der Waals surface area contributed by atoms with Gasteiger partial charge in [-0.05, 0) is 49.4 Å². The van der Waals surface area contributed by atoms with Crippen LogP contribution in [0.2, 0.25) is 0 Å². The molecule has 2 atom stereocenters. The highest BCUT2D eigenvalue weighted by atomic mass is 19.4. The van der Waals surface area contributed by atoms with Crippen molar-refractivity contribution in [3.05, 3.63) is 70.8 Å². The summed E-state index contributed by atoms with van der Waals surface area (Å²) in [5.41, 5.74) is -2.86. The highest BCUT2D eigenvalue weighted by Gasteiger charge is 2.39. The van der Waals surface area contributed by atoms with Crippen molar-refractivity contribution in [2.75, 3.05) is 19.7 Å². The SMILES string of the molecule is CCCCCCCCCCOC(=O)CN[C@H]1CCN(C(=O)c2cc(C(F)(F)F)cc(C(F)(F)F)c2)[C@H](Cc2ccccc2)C1. The number of hydrogen-bond acceptors (Lipinski definition) is 4. The number of likely N-dealkylation sites (tertiary alicyclic amines) is 1. The minimum Gasteiger partial charge on any atom is -0.465 e. The molecule has 0 bridgehead atoms. The van der Waals surface area contributed by atoms with Gasteiger partial charge >= 0.3 is 18.3 Å². The quantitative estimate of drug-likeness (QED) is 0.123. The lowest BCUT2D eigenvalue weighted by Crippen LogP contribution is -2.52. The predicted molar refractivity (Wildman–Crippen MR) is 156 cm³/mol. The van der Waals surface area contributed by atoms with Crippen LogP contribution in [0.1, 0.15) is 98.2 Å². The smallest absolute Gasteiger partial charge is 0.416 e. The molecule has 11 heteroatoms. The molecule has 2 aromatic rings. The molecule has 244 valence electrons. The maximum absolute atomic E-state index is 13.5. The van der Waals surface area contributed by atoms with Gasteiger partial charge in [-0.3, -0.25) is 9.59 Å². The molecular weight excluding hydrogens is 586 g/mol. The Morgan fingerprint density at radius 1 is 0.864 bits per heavy atom. The Bertz CT molecular complexity index is 1150. The molecule has 0 aliphatic carbocycles. The molecule has 1 aliphatic heterocycles. The molecular formula is C33H42F6N2O3. The van der Waals surface area contributed by atoms with Crippen molar-refractivity contribution in [3.63, 3.8) is 0 Å². The monoisotopic (exact) mass is 628 g/mol. The number of hydrogen-bond donors (Lipinski definition) is 1. The van der Waals surface area contributed by atoms with Crippen LogP contribution in [-0.4, -0.2) is 48.6 Å². The Morgan fingerprint density at radius 3 is 2.05 bits per heavy atom. The van der Waals surface area contributed by atoms with E-state index in [9.17, 15) is 35.9 Å². The average Bonchev–Trinajstić information content (AvgIpc) is 2.98. The number of rotatable bonds is 15. The van der Waals surface area contributed by atoms with Crippen LogP contribution in [0.4, 0.5) is 26.3 Å². The number of carbonyl (C=O) groups excluding carboxylic acids is 2. The predicted octanol–water partition coefficient (Wildman–Crippen LogP) is 8.21. The Kier molecular flexibility index (Phi) is 13.5. The molecule has 3 rings (SSSR count).